The first-order valence-electron chi connectivity index (χ1n) is 7.77. The van der Waals surface area contributed by atoms with Crippen LogP contribution >= 0.6 is 15.9 Å². The summed E-state index contributed by atoms with van der Waals surface area (Å²) in [5.74, 6) is 0. The molecule has 1 aromatic carbocycles. The molecule has 130 valence electrons. The Morgan fingerprint density at radius 2 is 2.00 bits per heavy atom. The highest BCUT2D eigenvalue weighted by Crippen LogP contribution is 2.18. The highest BCUT2D eigenvalue weighted by Gasteiger charge is 2.25. The molecule has 3 N–H and O–H groups in total. The number of ether oxygens (including phenoxy) is 1. The summed E-state index contributed by atoms with van der Waals surface area (Å²) in [5.41, 5.74) is 6.59. The van der Waals surface area contributed by atoms with E-state index in [2.05, 4.69) is 32.2 Å². The lowest BCUT2D eigenvalue weighted by Gasteiger charge is -2.33. The maximum atomic E-state index is 11.9. The summed E-state index contributed by atoms with van der Waals surface area (Å²) in [4.78, 5) is 14.1. The van der Waals surface area contributed by atoms with E-state index in [0.29, 0.717) is 6.54 Å². The molecule has 0 heterocycles. The number of hydrogen-bond acceptors (Lipinski definition) is 4. The molecule has 1 amide bonds. The number of nitrogens with zero attached hydrogens (tertiary/aromatic N) is 1. The third-order valence-corrected chi connectivity index (χ3v) is 4.28. The van der Waals surface area contributed by atoms with Crippen LogP contribution in [0.4, 0.5) is 4.79 Å². The first kappa shape index (κ1) is 19.9. The largest absolute Gasteiger partial charge is 0.444 e. The van der Waals surface area contributed by atoms with E-state index < -0.39 is 11.7 Å². The number of likely N-dealkylation sites (N-methyl/N-ethyl adjacent to an activating group) is 1. The number of carbonyl (C=O) groups is 1. The van der Waals surface area contributed by atoms with E-state index in [1.54, 1.807) is 0 Å². The predicted octanol–water partition coefficient (Wildman–Crippen LogP) is 3.12. The number of rotatable bonds is 6. The minimum absolute atomic E-state index is 0.00891. The third kappa shape index (κ3) is 6.89. The Morgan fingerprint density at radius 3 is 2.52 bits per heavy atom. The van der Waals surface area contributed by atoms with Gasteiger partial charge in [-0.05, 0) is 46.4 Å². The van der Waals surface area contributed by atoms with Crippen LogP contribution in [0.2, 0.25) is 0 Å². The fourth-order valence-electron chi connectivity index (χ4n) is 2.37. The summed E-state index contributed by atoms with van der Waals surface area (Å²) >= 11 is 3.56. The van der Waals surface area contributed by atoms with Crippen molar-refractivity contribution in [3.8, 4) is 0 Å². The topological polar surface area (TPSA) is 67.6 Å². The van der Waals surface area contributed by atoms with Crippen molar-refractivity contribution in [1.82, 2.24) is 10.2 Å². The second-order valence-electron chi connectivity index (χ2n) is 6.74. The Balaban J connectivity index is 2.67. The van der Waals surface area contributed by atoms with Gasteiger partial charge in [0.05, 0.1) is 0 Å². The normalized spacial score (nSPS) is 14.4. The van der Waals surface area contributed by atoms with Crippen molar-refractivity contribution in [2.75, 3.05) is 13.6 Å². The second-order valence-corrected chi connectivity index (χ2v) is 7.60. The van der Waals surface area contributed by atoms with E-state index in [1.165, 1.54) is 5.56 Å². The summed E-state index contributed by atoms with van der Waals surface area (Å²) in [6.45, 7) is 8.66. The lowest BCUT2D eigenvalue weighted by molar-refractivity contribution is 0.0476. The zero-order valence-electron chi connectivity index (χ0n) is 14.6. The Kier molecular flexibility index (Phi) is 7.51. The van der Waals surface area contributed by atoms with Crippen molar-refractivity contribution < 1.29 is 9.53 Å². The maximum Gasteiger partial charge on any atom is 0.407 e. The average Bonchev–Trinajstić information content (AvgIpc) is 2.39. The van der Waals surface area contributed by atoms with Crippen LogP contribution in [0.15, 0.2) is 28.7 Å². The van der Waals surface area contributed by atoms with E-state index in [9.17, 15) is 4.79 Å². The van der Waals surface area contributed by atoms with Crippen LogP contribution < -0.4 is 11.1 Å². The SMILES string of the molecule is CC(NC(=O)OC(C)(C)C)C(CN)N(C)Cc1ccccc1Br. The summed E-state index contributed by atoms with van der Waals surface area (Å²) in [5, 5.41) is 2.87. The highest BCUT2D eigenvalue weighted by atomic mass is 79.9. The molecule has 0 bridgehead atoms. The van der Waals surface area contributed by atoms with Crippen LogP contribution in [0.25, 0.3) is 0 Å². The summed E-state index contributed by atoms with van der Waals surface area (Å²) < 4.78 is 6.37. The van der Waals surface area contributed by atoms with Crippen LogP contribution in [0, 0.1) is 0 Å². The Bertz CT molecular complexity index is 517. The van der Waals surface area contributed by atoms with Crippen LogP contribution in [-0.2, 0) is 11.3 Å². The molecule has 0 aliphatic rings. The smallest absolute Gasteiger partial charge is 0.407 e. The van der Waals surface area contributed by atoms with Crippen LogP contribution in [0.3, 0.4) is 0 Å². The van der Waals surface area contributed by atoms with Gasteiger partial charge >= 0.3 is 6.09 Å². The second kappa shape index (κ2) is 8.66. The molecule has 0 radical (unpaired) electrons. The molecule has 0 aliphatic carbocycles. The number of nitrogens with one attached hydrogen (secondary N) is 1. The molecule has 23 heavy (non-hydrogen) atoms. The van der Waals surface area contributed by atoms with Crippen molar-refractivity contribution in [1.29, 1.82) is 0 Å². The highest BCUT2D eigenvalue weighted by molar-refractivity contribution is 9.10. The van der Waals surface area contributed by atoms with Crippen molar-refractivity contribution in [3.63, 3.8) is 0 Å². The maximum absolute atomic E-state index is 11.9. The molecule has 2 atom stereocenters. The molecule has 0 fully saturated rings. The monoisotopic (exact) mass is 385 g/mol. The van der Waals surface area contributed by atoms with Gasteiger partial charge in [-0.2, -0.15) is 0 Å². The minimum Gasteiger partial charge on any atom is -0.444 e. The Labute approximate surface area is 147 Å². The number of benzene rings is 1. The van der Waals surface area contributed by atoms with Gasteiger partial charge in [0.2, 0.25) is 0 Å². The van der Waals surface area contributed by atoms with Gasteiger partial charge < -0.3 is 15.8 Å². The molecule has 6 heteroatoms. The third-order valence-electron chi connectivity index (χ3n) is 3.51. The Morgan fingerprint density at radius 1 is 1.39 bits per heavy atom. The summed E-state index contributed by atoms with van der Waals surface area (Å²) in [6, 6.07) is 7.97. The van der Waals surface area contributed by atoms with Gasteiger partial charge in [-0.3, -0.25) is 4.90 Å². The van der Waals surface area contributed by atoms with E-state index >= 15 is 0 Å². The first-order chi connectivity index (χ1) is 10.6. The summed E-state index contributed by atoms with van der Waals surface area (Å²) in [7, 11) is 2.00. The molecule has 1 rings (SSSR count). The number of hydrogen-bond donors (Lipinski definition) is 2. The minimum atomic E-state index is -0.511. The lowest BCUT2D eigenvalue weighted by atomic mass is 10.1. The number of alkyl carbamates (subject to hydrolysis) is 1. The predicted molar refractivity (Wildman–Crippen MR) is 97.3 cm³/mol. The van der Waals surface area contributed by atoms with Crippen molar-refractivity contribution in [3.05, 3.63) is 34.3 Å². The van der Waals surface area contributed by atoms with Crippen LogP contribution in [0.1, 0.15) is 33.3 Å². The zero-order chi connectivity index (χ0) is 17.6. The number of amides is 1. The Hall–Kier alpha value is -1.11. The molecule has 5 nitrogen and oxygen atoms in total. The molecular formula is C17H28BrN3O2. The van der Waals surface area contributed by atoms with E-state index in [4.69, 9.17) is 10.5 Å². The summed E-state index contributed by atoms with van der Waals surface area (Å²) in [6.07, 6.45) is -0.419. The van der Waals surface area contributed by atoms with E-state index in [-0.39, 0.29) is 12.1 Å². The van der Waals surface area contributed by atoms with E-state index in [0.717, 1.165) is 11.0 Å². The number of halogens is 1. The van der Waals surface area contributed by atoms with Crippen molar-refractivity contribution in [2.45, 2.75) is 51.9 Å². The van der Waals surface area contributed by atoms with Gasteiger partial charge in [0, 0.05) is 29.6 Å². The molecule has 2 unspecified atom stereocenters. The molecule has 0 saturated carbocycles. The van der Waals surface area contributed by atoms with Gasteiger partial charge in [0.25, 0.3) is 0 Å². The molecule has 1 aromatic rings. The van der Waals surface area contributed by atoms with Gasteiger partial charge in [0.1, 0.15) is 5.60 Å². The fraction of sp³-hybridized carbons (Fsp3) is 0.588. The van der Waals surface area contributed by atoms with Gasteiger partial charge in [-0.1, -0.05) is 34.1 Å². The number of nitrogens with two attached hydrogens (primary N) is 1. The van der Waals surface area contributed by atoms with Crippen molar-refractivity contribution >= 4 is 22.0 Å². The van der Waals surface area contributed by atoms with Crippen molar-refractivity contribution in [2.24, 2.45) is 5.73 Å². The molecule has 0 aromatic heterocycles. The van der Waals surface area contributed by atoms with Gasteiger partial charge in [-0.25, -0.2) is 4.79 Å². The van der Waals surface area contributed by atoms with Crippen LogP contribution in [-0.4, -0.2) is 42.3 Å². The molecule has 0 saturated heterocycles. The molecular weight excluding hydrogens is 358 g/mol. The number of carbonyl (C=O) groups excluding carboxylic acids is 1. The molecule has 0 aliphatic heterocycles. The quantitative estimate of drug-likeness (QED) is 0.789. The van der Waals surface area contributed by atoms with E-state index in [1.807, 2.05) is 52.9 Å². The van der Waals surface area contributed by atoms with Gasteiger partial charge in [-0.15, -0.1) is 0 Å². The first-order valence-corrected chi connectivity index (χ1v) is 8.56. The fourth-order valence-corrected chi connectivity index (χ4v) is 2.78. The zero-order valence-corrected chi connectivity index (χ0v) is 16.2. The lowest BCUT2D eigenvalue weighted by Crippen LogP contribution is -2.53. The standard InChI is InChI=1S/C17H28BrN3O2/c1-12(20-16(22)23-17(2,3)4)15(10-19)21(5)11-13-8-6-7-9-14(13)18/h6-9,12,15H,10-11,19H2,1-5H3,(H,20,22). The molecule has 0 spiro atoms. The van der Waals surface area contributed by atoms with Gasteiger partial charge in [0.15, 0.2) is 0 Å². The van der Waals surface area contributed by atoms with Crippen LogP contribution in [0.5, 0.6) is 0 Å². The average molecular weight is 386 g/mol.